The molecule has 180 valence electrons. The van der Waals surface area contributed by atoms with E-state index in [9.17, 15) is 9.90 Å². The maximum Gasteiger partial charge on any atom is 0.207 e. The fourth-order valence-electron chi connectivity index (χ4n) is 4.77. The first kappa shape index (κ1) is 23.6. The Bertz CT molecular complexity index is 1370. The monoisotopic (exact) mass is 485 g/mol. The Kier molecular flexibility index (Phi) is 6.63. The Morgan fingerprint density at radius 1 is 1.09 bits per heavy atom. The minimum atomic E-state index is -0.0571. The van der Waals surface area contributed by atoms with Gasteiger partial charge in [-0.15, -0.1) is 11.3 Å². The first-order chi connectivity index (χ1) is 16.9. The van der Waals surface area contributed by atoms with E-state index >= 15 is 0 Å². The van der Waals surface area contributed by atoms with Gasteiger partial charge in [0.2, 0.25) is 5.78 Å². The Morgan fingerprint density at radius 2 is 1.89 bits per heavy atom. The van der Waals surface area contributed by atoms with Gasteiger partial charge < -0.3 is 14.7 Å². The van der Waals surface area contributed by atoms with E-state index in [2.05, 4.69) is 24.0 Å². The first-order valence-electron chi connectivity index (χ1n) is 12.2. The number of carbonyl (C=O) groups excluding carboxylic acids is 1. The van der Waals surface area contributed by atoms with E-state index in [1.165, 1.54) is 36.4 Å². The van der Waals surface area contributed by atoms with Crippen molar-refractivity contribution in [2.45, 2.75) is 33.6 Å². The highest BCUT2D eigenvalue weighted by Crippen LogP contribution is 2.43. The van der Waals surface area contributed by atoms with Crippen LogP contribution in [0.25, 0.3) is 10.1 Å². The Balaban J connectivity index is 1.42. The quantitative estimate of drug-likeness (QED) is 0.283. The number of benzene rings is 3. The Morgan fingerprint density at radius 3 is 2.63 bits per heavy atom. The van der Waals surface area contributed by atoms with E-state index in [0.29, 0.717) is 21.9 Å². The van der Waals surface area contributed by atoms with E-state index in [0.717, 1.165) is 40.1 Å². The number of rotatable bonds is 7. The lowest BCUT2D eigenvalue weighted by molar-refractivity contribution is 0.104. The SMILES string of the molecule is Cc1ccc(C)c(C(=O)c2sc3cc(O)ccc3c2Oc2ccc(CCN3CC[C@H](C)C3)cc2)c1. The van der Waals surface area contributed by atoms with Gasteiger partial charge in [-0.2, -0.15) is 0 Å². The highest BCUT2D eigenvalue weighted by molar-refractivity contribution is 7.21. The number of fused-ring (bicyclic) bond motifs is 1. The van der Waals surface area contributed by atoms with Crippen molar-refractivity contribution in [3.63, 3.8) is 0 Å². The van der Waals surface area contributed by atoms with E-state index in [-0.39, 0.29) is 11.5 Å². The number of thiophene rings is 1. The second-order valence-corrected chi connectivity index (χ2v) is 10.8. The molecule has 1 atom stereocenters. The second-order valence-electron chi connectivity index (χ2n) is 9.78. The maximum absolute atomic E-state index is 13.6. The van der Waals surface area contributed by atoms with Gasteiger partial charge in [0, 0.05) is 28.7 Å². The summed E-state index contributed by atoms with van der Waals surface area (Å²) in [5, 5.41) is 10.8. The summed E-state index contributed by atoms with van der Waals surface area (Å²) in [7, 11) is 0. The van der Waals surface area contributed by atoms with Crippen LogP contribution >= 0.6 is 11.3 Å². The van der Waals surface area contributed by atoms with Crippen molar-refractivity contribution in [3.8, 4) is 17.2 Å². The molecular weight excluding hydrogens is 454 g/mol. The molecule has 0 bridgehead atoms. The number of nitrogens with zero attached hydrogens (tertiary/aromatic N) is 1. The van der Waals surface area contributed by atoms with Crippen LogP contribution in [0.2, 0.25) is 0 Å². The summed E-state index contributed by atoms with van der Waals surface area (Å²) in [6.07, 6.45) is 2.31. The molecule has 2 heterocycles. The van der Waals surface area contributed by atoms with Crippen LogP contribution in [0.3, 0.4) is 0 Å². The molecule has 0 unspecified atom stereocenters. The van der Waals surface area contributed by atoms with Crippen LogP contribution in [0.5, 0.6) is 17.2 Å². The van der Waals surface area contributed by atoms with Crippen molar-refractivity contribution in [3.05, 3.63) is 87.8 Å². The number of ketones is 1. The third-order valence-electron chi connectivity index (χ3n) is 6.84. The van der Waals surface area contributed by atoms with Crippen molar-refractivity contribution in [1.82, 2.24) is 4.90 Å². The summed E-state index contributed by atoms with van der Waals surface area (Å²) in [5.41, 5.74) is 3.93. The molecule has 5 rings (SSSR count). The van der Waals surface area contributed by atoms with Gasteiger partial charge in [-0.05, 0) is 86.7 Å². The van der Waals surface area contributed by atoms with Crippen LogP contribution in [-0.2, 0) is 6.42 Å². The van der Waals surface area contributed by atoms with Crippen LogP contribution in [0.15, 0.2) is 60.7 Å². The standard InChI is InChI=1S/C30H31NO3S/c1-19-4-5-21(3)26(16-19)28(33)30-29(25-11-8-23(32)17-27(25)35-30)34-24-9-6-22(7-10-24)13-15-31-14-12-20(2)18-31/h4-11,16-17,20,32H,12-15,18H2,1-3H3/t20-/m0/s1. The third-order valence-corrected chi connectivity index (χ3v) is 7.97. The second kappa shape index (κ2) is 9.84. The average Bonchev–Trinajstić information content (AvgIpc) is 3.42. The molecule has 0 aliphatic carbocycles. The normalized spacial score (nSPS) is 16.1. The molecule has 4 aromatic rings. The number of likely N-dealkylation sites (tertiary alicyclic amines) is 1. The zero-order valence-corrected chi connectivity index (χ0v) is 21.3. The van der Waals surface area contributed by atoms with Gasteiger partial charge in [0.25, 0.3) is 0 Å². The van der Waals surface area contributed by atoms with Gasteiger partial charge in [-0.1, -0.05) is 36.8 Å². The van der Waals surface area contributed by atoms with Crippen molar-refractivity contribution >= 4 is 27.2 Å². The largest absolute Gasteiger partial charge is 0.508 e. The van der Waals surface area contributed by atoms with Crippen LogP contribution in [0.1, 0.15) is 45.3 Å². The van der Waals surface area contributed by atoms with Crippen molar-refractivity contribution < 1.29 is 14.6 Å². The van der Waals surface area contributed by atoms with Gasteiger partial charge in [0.15, 0.2) is 5.75 Å². The van der Waals surface area contributed by atoms with E-state index in [4.69, 9.17) is 4.74 Å². The first-order valence-corrected chi connectivity index (χ1v) is 13.1. The van der Waals surface area contributed by atoms with Crippen molar-refractivity contribution in [1.29, 1.82) is 0 Å². The van der Waals surface area contributed by atoms with E-state index in [1.807, 2.05) is 50.2 Å². The number of hydrogen-bond donors (Lipinski definition) is 1. The molecule has 1 saturated heterocycles. The molecule has 35 heavy (non-hydrogen) atoms. The highest BCUT2D eigenvalue weighted by atomic mass is 32.1. The van der Waals surface area contributed by atoms with Gasteiger partial charge in [0.1, 0.15) is 16.4 Å². The van der Waals surface area contributed by atoms with Gasteiger partial charge >= 0.3 is 0 Å². The molecule has 1 fully saturated rings. The summed E-state index contributed by atoms with van der Waals surface area (Å²) in [5.74, 6) is 2.17. The van der Waals surface area contributed by atoms with Crippen molar-refractivity contribution in [2.75, 3.05) is 19.6 Å². The lowest BCUT2D eigenvalue weighted by Gasteiger charge is -2.15. The summed E-state index contributed by atoms with van der Waals surface area (Å²) in [6.45, 7) is 9.73. The molecule has 0 saturated carbocycles. The van der Waals surface area contributed by atoms with E-state index in [1.54, 1.807) is 12.1 Å². The number of phenolic OH excluding ortho intramolecular Hbond substituents is 1. The summed E-state index contributed by atoms with van der Waals surface area (Å²) < 4.78 is 7.18. The molecule has 0 amide bonds. The lowest BCUT2D eigenvalue weighted by atomic mass is 10.0. The molecule has 1 aliphatic heterocycles. The molecule has 5 heteroatoms. The van der Waals surface area contributed by atoms with Crippen LogP contribution in [0.4, 0.5) is 0 Å². The fourth-order valence-corrected chi connectivity index (χ4v) is 5.89. The number of aryl methyl sites for hydroxylation is 2. The fraction of sp³-hybridized carbons (Fsp3) is 0.300. The molecule has 0 spiro atoms. The minimum absolute atomic E-state index is 0.0571. The number of hydrogen-bond acceptors (Lipinski definition) is 5. The van der Waals surface area contributed by atoms with Crippen LogP contribution in [0, 0.1) is 19.8 Å². The molecule has 4 nitrogen and oxygen atoms in total. The van der Waals surface area contributed by atoms with Crippen LogP contribution in [-0.4, -0.2) is 35.4 Å². The molecule has 1 N–H and O–H groups in total. The van der Waals surface area contributed by atoms with Gasteiger partial charge in [-0.25, -0.2) is 0 Å². The van der Waals surface area contributed by atoms with Crippen LogP contribution < -0.4 is 4.74 Å². The number of carbonyl (C=O) groups is 1. The van der Waals surface area contributed by atoms with Gasteiger partial charge in [0.05, 0.1) is 0 Å². The summed E-state index contributed by atoms with van der Waals surface area (Å²) in [6, 6.07) is 19.3. The summed E-state index contributed by atoms with van der Waals surface area (Å²) >= 11 is 1.36. The molecule has 3 aromatic carbocycles. The molecular formula is C30H31NO3S. The maximum atomic E-state index is 13.6. The van der Waals surface area contributed by atoms with Crippen molar-refractivity contribution in [2.24, 2.45) is 5.92 Å². The predicted octanol–water partition coefficient (Wildman–Crippen LogP) is 7.13. The number of phenols is 1. The molecule has 0 radical (unpaired) electrons. The Labute approximate surface area is 210 Å². The minimum Gasteiger partial charge on any atom is -0.508 e. The third kappa shape index (κ3) is 5.12. The predicted molar refractivity (Wildman–Crippen MR) is 143 cm³/mol. The number of ether oxygens (including phenoxy) is 1. The topological polar surface area (TPSA) is 49.8 Å². The molecule has 1 aromatic heterocycles. The van der Waals surface area contributed by atoms with Gasteiger partial charge in [-0.3, -0.25) is 4.79 Å². The number of aromatic hydroxyl groups is 1. The highest BCUT2D eigenvalue weighted by Gasteiger charge is 2.23. The Hall–Kier alpha value is -3.15. The zero-order valence-electron chi connectivity index (χ0n) is 20.5. The average molecular weight is 486 g/mol. The lowest BCUT2D eigenvalue weighted by Crippen LogP contribution is -2.22. The smallest absolute Gasteiger partial charge is 0.207 e. The zero-order chi connectivity index (χ0) is 24.5. The summed E-state index contributed by atoms with van der Waals surface area (Å²) in [4.78, 5) is 16.7. The van der Waals surface area contributed by atoms with E-state index < -0.39 is 0 Å². The molecule has 1 aliphatic rings.